The van der Waals surface area contributed by atoms with Crippen molar-refractivity contribution in [2.45, 2.75) is 38.6 Å². The molecule has 0 aromatic rings. The van der Waals surface area contributed by atoms with E-state index in [9.17, 15) is 9.59 Å². The average molecular weight is 255 g/mol. The van der Waals surface area contributed by atoms with Crippen LogP contribution in [0.5, 0.6) is 0 Å². The number of carbonyl (C=O) groups excluding carboxylic acids is 1. The van der Waals surface area contributed by atoms with E-state index in [2.05, 4.69) is 0 Å². The normalized spacial score (nSPS) is 22.5. The first kappa shape index (κ1) is 13.3. The monoisotopic (exact) mass is 255 g/mol. The summed E-state index contributed by atoms with van der Waals surface area (Å²) in [6.07, 6.45) is 3.57. The van der Waals surface area contributed by atoms with Gasteiger partial charge in [0.2, 0.25) is 5.91 Å². The van der Waals surface area contributed by atoms with Gasteiger partial charge >= 0.3 is 5.97 Å². The maximum absolute atomic E-state index is 12.4. The zero-order valence-corrected chi connectivity index (χ0v) is 10.8. The Labute approximate surface area is 107 Å². The highest BCUT2D eigenvalue weighted by molar-refractivity contribution is 5.80. The van der Waals surface area contributed by atoms with Crippen LogP contribution in [0.25, 0.3) is 0 Å². The fourth-order valence-corrected chi connectivity index (χ4v) is 2.36. The van der Waals surface area contributed by atoms with Crippen molar-refractivity contribution >= 4 is 11.9 Å². The van der Waals surface area contributed by atoms with Crippen LogP contribution < -0.4 is 0 Å². The van der Waals surface area contributed by atoms with Gasteiger partial charge in [-0.15, -0.1) is 0 Å². The lowest BCUT2D eigenvalue weighted by atomic mass is 9.98. The largest absolute Gasteiger partial charge is 0.481 e. The fourth-order valence-electron chi connectivity index (χ4n) is 2.36. The summed E-state index contributed by atoms with van der Waals surface area (Å²) in [5.41, 5.74) is 0. The quantitative estimate of drug-likeness (QED) is 0.799. The molecule has 1 saturated carbocycles. The number of nitrogens with zero attached hydrogens (tertiary/aromatic N) is 1. The molecule has 1 heterocycles. The molecular formula is C13H21NO4. The molecule has 1 unspecified atom stereocenters. The molecule has 2 rings (SSSR count). The zero-order valence-electron chi connectivity index (χ0n) is 10.8. The number of amides is 1. The molecule has 5 nitrogen and oxygen atoms in total. The number of hydrogen-bond acceptors (Lipinski definition) is 3. The third kappa shape index (κ3) is 3.22. The van der Waals surface area contributed by atoms with Crippen molar-refractivity contribution in [1.82, 2.24) is 4.90 Å². The number of aliphatic carboxylic acids is 1. The molecule has 102 valence electrons. The molecule has 1 atom stereocenters. The highest BCUT2D eigenvalue weighted by Crippen LogP contribution is 2.30. The molecule has 18 heavy (non-hydrogen) atoms. The van der Waals surface area contributed by atoms with E-state index >= 15 is 0 Å². The minimum absolute atomic E-state index is 0.0281. The van der Waals surface area contributed by atoms with Gasteiger partial charge in [0.05, 0.1) is 5.92 Å². The van der Waals surface area contributed by atoms with Crippen molar-refractivity contribution in [3.63, 3.8) is 0 Å². The van der Waals surface area contributed by atoms with Gasteiger partial charge < -0.3 is 14.7 Å². The highest BCUT2D eigenvalue weighted by Gasteiger charge is 2.37. The Morgan fingerprint density at radius 2 is 1.89 bits per heavy atom. The molecule has 1 saturated heterocycles. The van der Waals surface area contributed by atoms with E-state index in [0.717, 1.165) is 25.7 Å². The van der Waals surface area contributed by atoms with Gasteiger partial charge in [0.25, 0.3) is 0 Å². The standard InChI is InChI=1S/C13H21NO4/c1-9(13(16)17)8-14(11-2-3-11)12(15)10-4-6-18-7-5-10/h9-11H,2-8H2,1H3,(H,16,17). The zero-order chi connectivity index (χ0) is 13.1. The number of hydrogen-bond donors (Lipinski definition) is 1. The van der Waals surface area contributed by atoms with Gasteiger partial charge in [-0.25, -0.2) is 0 Å². The first-order chi connectivity index (χ1) is 8.59. The van der Waals surface area contributed by atoms with Gasteiger partial charge in [-0.1, -0.05) is 6.92 Å². The molecule has 0 spiro atoms. The summed E-state index contributed by atoms with van der Waals surface area (Å²) in [4.78, 5) is 25.1. The Morgan fingerprint density at radius 1 is 1.28 bits per heavy atom. The summed E-state index contributed by atoms with van der Waals surface area (Å²) in [5.74, 6) is -1.16. The smallest absolute Gasteiger partial charge is 0.308 e. The van der Waals surface area contributed by atoms with E-state index in [-0.39, 0.29) is 17.9 Å². The van der Waals surface area contributed by atoms with Crippen LogP contribution in [0.1, 0.15) is 32.6 Å². The second kappa shape index (κ2) is 5.69. The Kier molecular flexibility index (Phi) is 4.22. The van der Waals surface area contributed by atoms with Crippen LogP contribution in [0.3, 0.4) is 0 Å². The van der Waals surface area contributed by atoms with Crippen LogP contribution in [-0.2, 0) is 14.3 Å². The lowest BCUT2D eigenvalue weighted by Crippen LogP contribution is -2.43. The van der Waals surface area contributed by atoms with Crippen LogP contribution in [0, 0.1) is 11.8 Å². The summed E-state index contributed by atoms with van der Waals surface area (Å²) < 4.78 is 5.26. The van der Waals surface area contributed by atoms with Crippen molar-refractivity contribution in [2.75, 3.05) is 19.8 Å². The lowest BCUT2D eigenvalue weighted by molar-refractivity contribution is -0.145. The van der Waals surface area contributed by atoms with Crippen LogP contribution in [0.15, 0.2) is 0 Å². The van der Waals surface area contributed by atoms with Gasteiger partial charge in [-0.2, -0.15) is 0 Å². The third-order valence-corrected chi connectivity index (χ3v) is 3.73. The summed E-state index contributed by atoms with van der Waals surface area (Å²) in [6.45, 7) is 3.29. The number of ether oxygens (including phenoxy) is 1. The SMILES string of the molecule is CC(CN(C(=O)C1CCOCC1)C1CC1)C(=O)O. The average Bonchev–Trinajstić information content (AvgIpc) is 3.20. The number of rotatable bonds is 5. The van der Waals surface area contributed by atoms with Gasteiger partial charge in [-0.3, -0.25) is 9.59 Å². The predicted molar refractivity (Wildman–Crippen MR) is 65.1 cm³/mol. The van der Waals surface area contributed by atoms with E-state index < -0.39 is 11.9 Å². The fraction of sp³-hybridized carbons (Fsp3) is 0.846. The highest BCUT2D eigenvalue weighted by atomic mass is 16.5. The maximum Gasteiger partial charge on any atom is 0.308 e. The lowest BCUT2D eigenvalue weighted by Gasteiger charge is -2.30. The molecule has 2 aliphatic rings. The van der Waals surface area contributed by atoms with Gasteiger partial charge in [-0.05, 0) is 25.7 Å². The number of carbonyl (C=O) groups is 2. The molecule has 1 aliphatic heterocycles. The molecule has 2 fully saturated rings. The minimum Gasteiger partial charge on any atom is -0.481 e. The van der Waals surface area contributed by atoms with E-state index in [1.54, 1.807) is 11.8 Å². The maximum atomic E-state index is 12.4. The van der Waals surface area contributed by atoms with Crippen LogP contribution in [0.2, 0.25) is 0 Å². The van der Waals surface area contributed by atoms with Gasteiger partial charge in [0.1, 0.15) is 0 Å². The Hall–Kier alpha value is -1.10. The Morgan fingerprint density at radius 3 is 2.39 bits per heavy atom. The molecule has 0 radical (unpaired) electrons. The van der Waals surface area contributed by atoms with Crippen molar-refractivity contribution in [3.8, 4) is 0 Å². The van der Waals surface area contributed by atoms with Crippen molar-refractivity contribution in [1.29, 1.82) is 0 Å². The molecule has 5 heteroatoms. The van der Waals surface area contributed by atoms with Crippen molar-refractivity contribution in [3.05, 3.63) is 0 Å². The predicted octanol–water partition coefficient (Wildman–Crippen LogP) is 1.12. The third-order valence-electron chi connectivity index (χ3n) is 3.73. The van der Waals surface area contributed by atoms with Crippen molar-refractivity contribution < 1.29 is 19.4 Å². The summed E-state index contributed by atoms with van der Waals surface area (Å²) in [7, 11) is 0. The van der Waals surface area contributed by atoms with E-state index in [0.29, 0.717) is 19.8 Å². The Balaban J connectivity index is 1.95. The minimum atomic E-state index is -0.833. The summed E-state index contributed by atoms with van der Waals surface area (Å²) >= 11 is 0. The number of carboxylic acids is 1. The van der Waals surface area contributed by atoms with Gasteiger partial charge in [0, 0.05) is 31.7 Å². The molecule has 0 aromatic carbocycles. The second-order valence-corrected chi connectivity index (χ2v) is 5.35. The molecular weight excluding hydrogens is 234 g/mol. The van der Waals surface area contributed by atoms with Crippen molar-refractivity contribution in [2.24, 2.45) is 11.8 Å². The summed E-state index contributed by atoms with van der Waals surface area (Å²) in [6, 6.07) is 0.280. The second-order valence-electron chi connectivity index (χ2n) is 5.35. The topological polar surface area (TPSA) is 66.8 Å². The van der Waals surface area contributed by atoms with E-state index in [4.69, 9.17) is 9.84 Å². The molecule has 0 bridgehead atoms. The van der Waals surface area contributed by atoms with E-state index in [1.807, 2.05) is 0 Å². The van der Waals surface area contributed by atoms with Crippen LogP contribution in [0.4, 0.5) is 0 Å². The molecule has 1 amide bonds. The van der Waals surface area contributed by atoms with Crippen LogP contribution >= 0.6 is 0 Å². The van der Waals surface area contributed by atoms with Crippen LogP contribution in [-0.4, -0.2) is 47.7 Å². The van der Waals surface area contributed by atoms with E-state index in [1.165, 1.54) is 0 Å². The first-order valence-electron chi connectivity index (χ1n) is 6.70. The number of carboxylic acid groups (broad SMARTS) is 1. The van der Waals surface area contributed by atoms with Gasteiger partial charge in [0.15, 0.2) is 0 Å². The first-order valence-corrected chi connectivity index (χ1v) is 6.70. The summed E-state index contributed by atoms with van der Waals surface area (Å²) in [5, 5.41) is 8.97. The molecule has 1 aliphatic carbocycles. The molecule has 1 N–H and O–H groups in total. The Bertz CT molecular complexity index is 321. The molecule has 0 aromatic heterocycles.